The number of rotatable bonds is 15. The Bertz CT molecular complexity index is 2150. The molecule has 278 valence electrons. The van der Waals surface area contributed by atoms with Crippen LogP contribution in [0.1, 0.15) is 56.4 Å². The zero-order chi connectivity index (χ0) is 38.0. The summed E-state index contributed by atoms with van der Waals surface area (Å²) in [4.78, 5) is 45.1. The number of carbonyl (C=O) groups is 3. The van der Waals surface area contributed by atoms with Crippen molar-refractivity contribution in [1.82, 2.24) is 9.88 Å². The van der Waals surface area contributed by atoms with Gasteiger partial charge in [0.2, 0.25) is 10.0 Å². The third-order valence-electron chi connectivity index (χ3n) is 8.45. The van der Waals surface area contributed by atoms with Crippen molar-refractivity contribution in [2.75, 3.05) is 23.7 Å². The maximum atomic E-state index is 13.6. The van der Waals surface area contributed by atoms with Gasteiger partial charge in [0.25, 0.3) is 11.8 Å². The Balaban J connectivity index is 1.26. The van der Waals surface area contributed by atoms with Gasteiger partial charge in [-0.25, -0.2) is 8.42 Å². The quantitative estimate of drug-likeness (QED) is 0.0652. The molecule has 4 aromatic rings. The van der Waals surface area contributed by atoms with E-state index in [1.807, 2.05) is 0 Å². The van der Waals surface area contributed by atoms with Gasteiger partial charge in [0, 0.05) is 24.4 Å². The van der Waals surface area contributed by atoms with Gasteiger partial charge in [0.05, 0.1) is 36.2 Å². The van der Waals surface area contributed by atoms with Crippen molar-refractivity contribution in [1.29, 1.82) is 0 Å². The van der Waals surface area contributed by atoms with Gasteiger partial charge in [-0.15, -0.1) is 0 Å². The van der Waals surface area contributed by atoms with Crippen molar-refractivity contribution in [3.63, 3.8) is 0 Å². The number of sulfonamides is 1. The summed E-state index contributed by atoms with van der Waals surface area (Å²) in [5.41, 5.74) is 1.00. The second-order valence-corrected chi connectivity index (χ2v) is 15.1. The summed E-state index contributed by atoms with van der Waals surface area (Å²) in [6.07, 6.45) is 6.46. The molecule has 53 heavy (non-hydrogen) atoms. The first-order chi connectivity index (χ1) is 25.2. The zero-order valence-electron chi connectivity index (χ0n) is 27.8. The second kappa shape index (κ2) is 15.5. The molecule has 13 nitrogen and oxygen atoms in total. The number of benzene rings is 2. The summed E-state index contributed by atoms with van der Waals surface area (Å²) in [7, 11) is -3.85. The number of alkyl halides is 2. The number of fused-ring (bicyclic) bond motifs is 1. The van der Waals surface area contributed by atoms with Gasteiger partial charge in [-0.1, -0.05) is 29.3 Å². The lowest BCUT2D eigenvalue weighted by Crippen LogP contribution is -2.36. The number of halogens is 4. The molecule has 0 radical (unpaired) electrons. The number of nitrogens with zero attached hydrogens (tertiary/aromatic N) is 4. The smallest absolute Gasteiger partial charge is 0.387 e. The highest BCUT2D eigenvalue weighted by Gasteiger charge is 2.38. The van der Waals surface area contributed by atoms with Crippen LogP contribution in [0.5, 0.6) is 11.5 Å². The van der Waals surface area contributed by atoms with E-state index in [9.17, 15) is 36.8 Å². The number of pyridine rings is 2. The van der Waals surface area contributed by atoms with Crippen LogP contribution >= 0.6 is 23.2 Å². The van der Waals surface area contributed by atoms with E-state index in [1.165, 1.54) is 48.8 Å². The number of amides is 2. The van der Waals surface area contributed by atoms with Crippen LogP contribution in [0.2, 0.25) is 10.0 Å². The van der Waals surface area contributed by atoms with E-state index >= 15 is 0 Å². The molecule has 0 N–H and O–H groups in total. The van der Waals surface area contributed by atoms with E-state index < -0.39 is 47.1 Å². The molecule has 3 heterocycles. The Hall–Kier alpha value is -5.06. The minimum Gasteiger partial charge on any atom is -0.619 e. The molecule has 2 aromatic heterocycles. The molecule has 6 rings (SSSR count). The van der Waals surface area contributed by atoms with Crippen molar-refractivity contribution in [3.8, 4) is 11.5 Å². The average molecular weight is 792 g/mol. The number of esters is 1. The molecule has 0 unspecified atom stereocenters. The number of imide groups is 1. The van der Waals surface area contributed by atoms with Crippen LogP contribution in [0.3, 0.4) is 0 Å². The normalized spacial score (nSPS) is 14.6. The van der Waals surface area contributed by atoms with Crippen molar-refractivity contribution in [2.24, 2.45) is 5.92 Å². The van der Waals surface area contributed by atoms with Crippen molar-refractivity contribution in [3.05, 3.63) is 116 Å². The minimum atomic E-state index is -3.85. The standard InChI is InChI=1S/C35H30Cl2F2N4O9S/c1-53(48,49)43(15-20-8-10-40-11-9-20)23-5-6-24-25(13-23)34(46)42(33(24)45)18-32(44)51-30(14-26-27(36)16-41(47)17-28(26)37)22-4-7-29(52-35(38)39)31(12-22)50-19-21-2-3-21/h4-13,16-17,21,30,35H,2-3,14-15,18-19H2,1H3/t30-/m0/s1. The maximum Gasteiger partial charge on any atom is 0.387 e. The summed E-state index contributed by atoms with van der Waals surface area (Å²) < 4.78 is 69.6. The van der Waals surface area contributed by atoms with Crippen molar-refractivity contribution < 1.29 is 50.5 Å². The predicted molar refractivity (Wildman–Crippen MR) is 186 cm³/mol. The molecule has 1 saturated carbocycles. The van der Waals surface area contributed by atoms with Crippen LogP contribution in [0.25, 0.3) is 0 Å². The van der Waals surface area contributed by atoms with Crippen LogP contribution in [0.15, 0.2) is 73.3 Å². The van der Waals surface area contributed by atoms with E-state index in [0.717, 1.165) is 35.8 Å². The van der Waals surface area contributed by atoms with Crippen LogP contribution in [-0.2, 0) is 32.5 Å². The van der Waals surface area contributed by atoms with Gasteiger partial charge in [0.1, 0.15) is 22.7 Å². The lowest BCUT2D eigenvalue weighted by atomic mass is 10.0. The summed E-state index contributed by atoms with van der Waals surface area (Å²) in [5.74, 6) is -2.77. The molecule has 2 aromatic carbocycles. The zero-order valence-corrected chi connectivity index (χ0v) is 30.1. The highest BCUT2D eigenvalue weighted by molar-refractivity contribution is 7.92. The fourth-order valence-electron chi connectivity index (χ4n) is 5.62. The fraction of sp³-hybridized carbons (Fsp3) is 0.286. The number of anilines is 1. The third-order valence-corrected chi connectivity index (χ3v) is 10.2. The average Bonchev–Trinajstić information content (AvgIpc) is 3.90. The molecular formula is C35H30Cl2F2N4O9S. The van der Waals surface area contributed by atoms with Crippen LogP contribution in [0, 0.1) is 11.1 Å². The monoisotopic (exact) mass is 790 g/mol. The second-order valence-electron chi connectivity index (χ2n) is 12.4. The Kier molecular flexibility index (Phi) is 11.0. The van der Waals surface area contributed by atoms with E-state index in [4.69, 9.17) is 32.7 Å². The van der Waals surface area contributed by atoms with Crippen LogP contribution in [0.4, 0.5) is 14.5 Å². The lowest BCUT2D eigenvalue weighted by molar-refractivity contribution is -0.605. The largest absolute Gasteiger partial charge is 0.619 e. The van der Waals surface area contributed by atoms with E-state index in [-0.39, 0.29) is 75.0 Å². The summed E-state index contributed by atoms with van der Waals surface area (Å²) in [6.45, 7) is -3.84. The molecule has 1 fully saturated rings. The van der Waals surface area contributed by atoms with Gasteiger partial charge >= 0.3 is 12.6 Å². The summed E-state index contributed by atoms with van der Waals surface area (Å²) in [5, 5.41) is 11.8. The summed E-state index contributed by atoms with van der Waals surface area (Å²) >= 11 is 12.7. The highest BCUT2D eigenvalue weighted by Crippen LogP contribution is 2.38. The Labute approximate surface area is 312 Å². The molecule has 0 spiro atoms. The first-order valence-corrected chi connectivity index (χ1v) is 18.6. The molecular weight excluding hydrogens is 761 g/mol. The fourth-order valence-corrected chi connectivity index (χ4v) is 7.10. The topological polar surface area (TPSA) is 159 Å². The maximum absolute atomic E-state index is 13.6. The molecule has 1 aliphatic carbocycles. The molecule has 0 bridgehead atoms. The molecule has 2 aliphatic rings. The van der Waals surface area contributed by atoms with E-state index in [1.54, 1.807) is 12.1 Å². The van der Waals surface area contributed by atoms with Crippen molar-refractivity contribution in [2.45, 2.75) is 38.5 Å². The first-order valence-electron chi connectivity index (χ1n) is 16.0. The number of hydrogen-bond acceptors (Lipinski definition) is 10. The number of ether oxygens (including phenoxy) is 3. The highest BCUT2D eigenvalue weighted by atomic mass is 35.5. The van der Waals surface area contributed by atoms with Gasteiger partial charge in [0.15, 0.2) is 23.9 Å². The molecule has 1 aliphatic heterocycles. The Morgan fingerprint density at radius 2 is 1.70 bits per heavy atom. The van der Waals surface area contributed by atoms with Gasteiger partial charge in [-0.05, 0) is 72.4 Å². The minimum absolute atomic E-state index is 0.0402. The predicted octanol–water partition coefficient (Wildman–Crippen LogP) is 5.50. The van der Waals surface area contributed by atoms with Crippen LogP contribution in [-0.4, -0.2) is 62.1 Å². The van der Waals surface area contributed by atoms with E-state index in [0.29, 0.717) is 15.2 Å². The third kappa shape index (κ3) is 8.95. The number of carbonyl (C=O) groups excluding carboxylic acids is 3. The molecule has 0 saturated heterocycles. The van der Waals surface area contributed by atoms with Gasteiger partial charge in [-0.2, -0.15) is 13.5 Å². The number of hydrogen-bond donors (Lipinski definition) is 0. The van der Waals surface area contributed by atoms with Crippen LogP contribution < -0.4 is 18.5 Å². The molecule has 18 heteroatoms. The SMILES string of the molecule is CS(=O)(=O)N(Cc1ccncc1)c1ccc2c(c1)C(=O)N(CC(=O)O[C@@H](Cc1c(Cl)c[n+]([O-])cc1Cl)c1ccc(OC(F)F)c(OCC3CC3)c1)C2=O. The summed E-state index contributed by atoms with van der Waals surface area (Å²) in [6, 6.07) is 11.2. The Morgan fingerprint density at radius 3 is 2.34 bits per heavy atom. The first kappa shape index (κ1) is 37.7. The van der Waals surface area contributed by atoms with Gasteiger partial charge in [-0.3, -0.25) is 28.6 Å². The number of aromatic nitrogens is 2. The lowest BCUT2D eigenvalue weighted by Gasteiger charge is -2.23. The molecule has 1 atom stereocenters. The Morgan fingerprint density at radius 1 is 1.02 bits per heavy atom. The van der Waals surface area contributed by atoms with Crippen molar-refractivity contribution >= 4 is 56.7 Å². The van der Waals surface area contributed by atoms with E-state index in [2.05, 4.69) is 9.72 Å². The van der Waals surface area contributed by atoms with Gasteiger partial charge < -0.3 is 19.4 Å². The molecule has 2 amide bonds.